The van der Waals surface area contributed by atoms with Crippen molar-refractivity contribution in [3.8, 4) is 11.5 Å². The van der Waals surface area contributed by atoms with Crippen molar-refractivity contribution < 1.29 is 13.5 Å². The van der Waals surface area contributed by atoms with Gasteiger partial charge in [0.1, 0.15) is 5.75 Å². The Hall–Kier alpha value is -0.360. The van der Waals surface area contributed by atoms with E-state index in [1.54, 1.807) is 0 Å². The molecule has 2 aromatic rings. The summed E-state index contributed by atoms with van der Waals surface area (Å²) >= 11 is 18.2. The quantitative estimate of drug-likeness (QED) is 0.375. The van der Waals surface area contributed by atoms with Crippen LogP contribution in [0.25, 0.3) is 0 Å². The van der Waals surface area contributed by atoms with Gasteiger partial charge in [-0.1, -0.05) is 39.1 Å². The molecule has 2 rings (SSSR count). The molecular formula is C13H6Br2Cl2F2O. The van der Waals surface area contributed by atoms with Gasteiger partial charge in [0.2, 0.25) is 0 Å². The Bertz CT molecular complexity index is 642. The van der Waals surface area contributed by atoms with Gasteiger partial charge in [-0.15, -0.1) is 0 Å². The van der Waals surface area contributed by atoms with Crippen molar-refractivity contribution in [3.63, 3.8) is 0 Å². The van der Waals surface area contributed by atoms with Crippen molar-refractivity contribution in [1.82, 2.24) is 0 Å². The van der Waals surface area contributed by atoms with E-state index in [0.717, 1.165) is 0 Å². The van der Waals surface area contributed by atoms with Gasteiger partial charge in [0.25, 0.3) is 0 Å². The molecule has 0 N–H and O–H groups in total. The van der Waals surface area contributed by atoms with E-state index in [1.165, 1.54) is 24.3 Å². The maximum Gasteiger partial charge on any atom is 0.198 e. The summed E-state index contributed by atoms with van der Waals surface area (Å²) in [5, 5.41) is 0.846. The number of hydrogen-bond acceptors (Lipinski definition) is 1. The summed E-state index contributed by atoms with van der Waals surface area (Å²) in [6.45, 7) is 0. The summed E-state index contributed by atoms with van der Waals surface area (Å²) in [5.41, 5.74) is 0.465. The van der Waals surface area contributed by atoms with E-state index in [0.29, 0.717) is 20.4 Å². The third kappa shape index (κ3) is 3.45. The van der Waals surface area contributed by atoms with E-state index >= 15 is 0 Å². The molecule has 0 fully saturated rings. The Morgan fingerprint density at radius 3 is 2.15 bits per heavy atom. The SMILES string of the molecule is Fc1cc(CBr)cc(F)c1Oc1cc(Cl)c(Br)cc1Cl. The van der Waals surface area contributed by atoms with Crippen LogP contribution in [0, 0.1) is 11.6 Å². The van der Waals surface area contributed by atoms with Gasteiger partial charge in [-0.05, 0) is 39.7 Å². The Balaban J connectivity index is 2.42. The molecule has 0 saturated carbocycles. The first-order valence-electron chi connectivity index (χ1n) is 5.28. The summed E-state index contributed by atoms with van der Waals surface area (Å²) < 4.78 is 33.4. The van der Waals surface area contributed by atoms with Crippen LogP contribution in [-0.2, 0) is 5.33 Å². The molecule has 2 aromatic carbocycles. The lowest BCUT2D eigenvalue weighted by atomic mass is 10.2. The Morgan fingerprint density at radius 1 is 1.00 bits per heavy atom. The highest BCUT2D eigenvalue weighted by molar-refractivity contribution is 9.10. The average molecular weight is 447 g/mol. The fourth-order valence-corrected chi connectivity index (χ4v) is 2.63. The van der Waals surface area contributed by atoms with Crippen LogP contribution in [0.2, 0.25) is 10.0 Å². The zero-order chi connectivity index (χ0) is 14.9. The summed E-state index contributed by atoms with van der Waals surface area (Å²) in [5.74, 6) is -2.07. The fraction of sp³-hybridized carbons (Fsp3) is 0.0769. The molecule has 106 valence electrons. The molecule has 1 nitrogen and oxygen atoms in total. The van der Waals surface area contributed by atoms with Gasteiger partial charge in [0.15, 0.2) is 17.4 Å². The molecular weight excluding hydrogens is 441 g/mol. The lowest BCUT2D eigenvalue weighted by Gasteiger charge is -2.11. The predicted molar refractivity (Wildman–Crippen MR) is 83.2 cm³/mol. The van der Waals surface area contributed by atoms with Crippen molar-refractivity contribution in [3.05, 3.63) is 56.0 Å². The van der Waals surface area contributed by atoms with Gasteiger partial charge in [-0.3, -0.25) is 0 Å². The van der Waals surface area contributed by atoms with Crippen LogP contribution in [0.4, 0.5) is 8.78 Å². The monoisotopic (exact) mass is 444 g/mol. The maximum absolute atomic E-state index is 13.8. The van der Waals surface area contributed by atoms with Crippen LogP contribution in [0.5, 0.6) is 11.5 Å². The Morgan fingerprint density at radius 2 is 1.60 bits per heavy atom. The highest BCUT2D eigenvalue weighted by atomic mass is 79.9. The Kier molecular flexibility index (Phi) is 5.29. The van der Waals surface area contributed by atoms with E-state index in [9.17, 15) is 8.78 Å². The van der Waals surface area contributed by atoms with Crippen molar-refractivity contribution in [1.29, 1.82) is 0 Å². The highest BCUT2D eigenvalue weighted by Crippen LogP contribution is 2.38. The molecule has 7 heteroatoms. The van der Waals surface area contributed by atoms with Gasteiger partial charge in [0.05, 0.1) is 10.0 Å². The number of rotatable bonds is 3. The van der Waals surface area contributed by atoms with Gasteiger partial charge in [0, 0.05) is 15.9 Å². The number of benzene rings is 2. The highest BCUT2D eigenvalue weighted by Gasteiger charge is 2.16. The van der Waals surface area contributed by atoms with Crippen molar-refractivity contribution >= 4 is 55.1 Å². The lowest BCUT2D eigenvalue weighted by Crippen LogP contribution is -1.95. The minimum Gasteiger partial charge on any atom is -0.450 e. The second-order valence-electron chi connectivity index (χ2n) is 3.82. The molecule has 0 unspecified atom stereocenters. The minimum absolute atomic E-state index is 0.0734. The van der Waals surface area contributed by atoms with Crippen LogP contribution in [-0.4, -0.2) is 0 Å². The van der Waals surface area contributed by atoms with E-state index in [4.69, 9.17) is 27.9 Å². The molecule has 0 aromatic heterocycles. The second-order valence-corrected chi connectivity index (χ2v) is 6.05. The van der Waals surface area contributed by atoms with Crippen LogP contribution in [0.15, 0.2) is 28.7 Å². The van der Waals surface area contributed by atoms with Crippen molar-refractivity contribution in [2.75, 3.05) is 0 Å². The molecule has 0 aliphatic rings. The first-order chi connectivity index (χ1) is 9.42. The average Bonchev–Trinajstić information content (AvgIpc) is 2.39. The molecule has 0 aliphatic carbocycles. The van der Waals surface area contributed by atoms with E-state index in [2.05, 4.69) is 31.9 Å². The topological polar surface area (TPSA) is 9.23 Å². The van der Waals surface area contributed by atoms with E-state index < -0.39 is 17.4 Å². The molecule has 0 heterocycles. The molecule has 0 spiro atoms. The summed E-state index contributed by atoms with van der Waals surface area (Å²) in [6.07, 6.45) is 0. The molecule has 0 atom stereocenters. The van der Waals surface area contributed by atoms with Crippen LogP contribution < -0.4 is 4.74 Å². The van der Waals surface area contributed by atoms with Gasteiger partial charge in [-0.2, -0.15) is 0 Å². The largest absolute Gasteiger partial charge is 0.450 e. The molecule has 0 saturated heterocycles. The van der Waals surface area contributed by atoms with Crippen LogP contribution >= 0.6 is 55.1 Å². The predicted octanol–water partition coefficient (Wildman–Crippen LogP) is 6.72. The van der Waals surface area contributed by atoms with Crippen LogP contribution in [0.3, 0.4) is 0 Å². The Labute approximate surface area is 141 Å². The molecule has 0 radical (unpaired) electrons. The molecule has 0 bridgehead atoms. The van der Waals surface area contributed by atoms with Crippen LogP contribution in [0.1, 0.15) is 5.56 Å². The summed E-state index contributed by atoms with van der Waals surface area (Å²) in [6, 6.07) is 5.23. The normalized spacial score (nSPS) is 10.7. The fourth-order valence-electron chi connectivity index (χ4n) is 1.48. The van der Waals surface area contributed by atoms with Gasteiger partial charge in [-0.25, -0.2) is 8.78 Å². The third-order valence-electron chi connectivity index (χ3n) is 2.40. The minimum atomic E-state index is -0.811. The number of ether oxygens (including phenoxy) is 1. The molecule has 20 heavy (non-hydrogen) atoms. The molecule has 0 amide bonds. The second kappa shape index (κ2) is 6.60. The summed E-state index contributed by atoms with van der Waals surface area (Å²) in [7, 11) is 0. The smallest absolute Gasteiger partial charge is 0.198 e. The lowest BCUT2D eigenvalue weighted by molar-refractivity contribution is 0.407. The van der Waals surface area contributed by atoms with Crippen molar-refractivity contribution in [2.24, 2.45) is 0 Å². The molecule has 0 aliphatic heterocycles. The first-order valence-corrected chi connectivity index (χ1v) is 7.95. The number of halogens is 6. The number of hydrogen-bond donors (Lipinski definition) is 0. The first kappa shape index (κ1) is 16.0. The maximum atomic E-state index is 13.8. The third-order valence-corrected chi connectivity index (χ3v) is 4.54. The van der Waals surface area contributed by atoms with E-state index in [1.807, 2.05) is 0 Å². The van der Waals surface area contributed by atoms with E-state index in [-0.39, 0.29) is 10.8 Å². The number of alkyl halides is 1. The van der Waals surface area contributed by atoms with Crippen molar-refractivity contribution in [2.45, 2.75) is 5.33 Å². The summed E-state index contributed by atoms with van der Waals surface area (Å²) in [4.78, 5) is 0. The zero-order valence-electron chi connectivity index (χ0n) is 9.69. The van der Waals surface area contributed by atoms with Gasteiger partial charge < -0.3 is 4.74 Å². The van der Waals surface area contributed by atoms with Gasteiger partial charge >= 0.3 is 0 Å². The zero-order valence-corrected chi connectivity index (χ0v) is 14.4. The standard InChI is InChI=1S/C13H6Br2Cl2F2O/c14-5-6-1-10(18)13(11(19)2-6)20-12-4-8(16)7(15)3-9(12)17/h1-4H,5H2.